The van der Waals surface area contributed by atoms with E-state index in [1.165, 1.54) is 37.5 Å². The molecule has 1 fully saturated rings. The number of nitro benzene ring substituents is 1. The van der Waals surface area contributed by atoms with Gasteiger partial charge in [-0.25, -0.2) is 9.59 Å². The van der Waals surface area contributed by atoms with Crippen LogP contribution in [0.15, 0.2) is 63.1 Å². The predicted octanol–water partition coefficient (Wildman–Crippen LogP) is 5.06. The highest BCUT2D eigenvalue weighted by atomic mass is 79.9. The third kappa shape index (κ3) is 5.81. The molecule has 1 saturated heterocycles. The fourth-order valence-corrected chi connectivity index (χ4v) is 4.42. The van der Waals surface area contributed by atoms with Crippen molar-refractivity contribution in [2.24, 2.45) is 0 Å². The Morgan fingerprint density at radius 1 is 1.24 bits per heavy atom. The number of carbonyl (C=O) groups is 3. The van der Waals surface area contributed by atoms with Gasteiger partial charge >= 0.3 is 12.0 Å². The smallest absolute Gasteiger partial charge is 0.373 e. The summed E-state index contributed by atoms with van der Waals surface area (Å²) in [4.78, 5) is 48.1. The van der Waals surface area contributed by atoms with Gasteiger partial charge in [0.2, 0.25) is 5.76 Å². The van der Waals surface area contributed by atoms with Gasteiger partial charge in [0.05, 0.1) is 28.1 Å². The maximum Gasteiger partial charge on any atom is 0.373 e. The highest BCUT2D eigenvalue weighted by molar-refractivity contribution is 9.10. The molecule has 0 aliphatic carbocycles. The summed E-state index contributed by atoms with van der Waals surface area (Å²) in [5, 5.41) is 13.7. The molecule has 3 aromatic rings. The molecule has 0 unspecified atom stereocenters. The van der Waals surface area contributed by atoms with Crippen molar-refractivity contribution in [1.29, 1.82) is 0 Å². The molecule has 2 heterocycles. The first-order valence-corrected chi connectivity index (χ1v) is 11.7. The number of halogens is 2. The monoisotopic (exact) mass is 589 g/mol. The van der Waals surface area contributed by atoms with Gasteiger partial charge in [-0.3, -0.25) is 19.8 Å². The summed E-state index contributed by atoms with van der Waals surface area (Å²) in [6, 6.07) is 11.4. The van der Waals surface area contributed by atoms with Crippen molar-refractivity contribution in [3.8, 4) is 5.75 Å². The summed E-state index contributed by atoms with van der Waals surface area (Å²) in [6.07, 6.45) is 1.45. The maximum absolute atomic E-state index is 12.8. The number of rotatable bonds is 8. The number of benzene rings is 2. The molecule has 190 valence electrons. The first-order chi connectivity index (χ1) is 17.7. The van der Waals surface area contributed by atoms with Crippen LogP contribution in [-0.4, -0.2) is 34.8 Å². The second kappa shape index (κ2) is 10.8. The molecular weight excluding hydrogens is 574 g/mol. The van der Waals surface area contributed by atoms with Gasteiger partial charge < -0.3 is 19.2 Å². The van der Waals surface area contributed by atoms with E-state index in [4.69, 9.17) is 20.8 Å². The van der Waals surface area contributed by atoms with E-state index in [-0.39, 0.29) is 41.1 Å². The molecule has 0 saturated carbocycles. The lowest BCUT2D eigenvalue weighted by Gasteiger charge is -2.11. The number of esters is 1. The number of furan rings is 1. The first-order valence-electron chi connectivity index (χ1n) is 10.5. The number of nitrogens with zero attached hydrogens (tertiary/aromatic N) is 2. The Labute approximate surface area is 222 Å². The van der Waals surface area contributed by atoms with Crippen molar-refractivity contribution in [2.45, 2.75) is 13.2 Å². The van der Waals surface area contributed by atoms with Crippen molar-refractivity contribution in [3.05, 3.63) is 96.5 Å². The zero-order chi connectivity index (χ0) is 26.7. The maximum atomic E-state index is 12.8. The molecule has 1 aliphatic heterocycles. The Kier molecular flexibility index (Phi) is 7.60. The van der Waals surface area contributed by atoms with Crippen molar-refractivity contribution >= 4 is 57.2 Å². The zero-order valence-corrected chi connectivity index (χ0v) is 21.4. The van der Waals surface area contributed by atoms with Crippen molar-refractivity contribution in [2.75, 3.05) is 7.11 Å². The summed E-state index contributed by atoms with van der Waals surface area (Å²) in [5.74, 6) is -0.796. The van der Waals surface area contributed by atoms with Crippen molar-refractivity contribution in [1.82, 2.24) is 10.2 Å². The predicted molar refractivity (Wildman–Crippen MR) is 134 cm³/mol. The third-order valence-electron chi connectivity index (χ3n) is 5.16. The van der Waals surface area contributed by atoms with Gasteiger partial charge in [-0.2, -0.15) is 0 Å². The number of nitrogens with one attached hydrogen (secondary N) is 1. The number of non-ortho nitro benzene ring substituents is 1. The van der Waals surface area contributed by atoms with E-state index in [0.29, 0.717) is 21.3 Å². The van der Waals surface area contributed by atoms with E-state index < -0.39 is 22.8 Å². The molecule has 0 bridgehead atoms. The molecular formula is C24H17BrClN3O8. The van der Waals surface area contributed by atoms with E-state index in [0.717, 1.165) is 4.90 Å². The van der Waals surface area contributed by atoms with E-state index >= 15 is 0 Å². The van der Waals surface area contributed by atoms with Crippen LogP contribution in [0, 0.1) is 10.1 Å². The summed E-state index contributed by atoms with van der Waals surface area (Å²) >= 11 is 9.77. The summed E-state index contributed by atoms with van der Waals surface area (Å²) in [7, 11) is 1.21. The normalized spacial score (nSPS) is 14.1. The number of carbonyl (C=O) groups excluding carboxylic acids is 3. The van der Waals surface area contributed by atoms with Gasteiger partial charge in [0.15, 0.2) is 5.75 Å². The molecule has 4 rings (SSSR count). The largest absolute Gasteiger partial charge is 0.486 e. The van der Waals surface area contributed by atoms with Gasteiger partial charge in [0.1, 0.15) is 18.1 Å². The topological polar surface area (TPSA) is 141 Å². The van der Waals surface area contributed by atoms with Crippen LogP contribution in [0.1, 0.15) is 27.4 Å². The zero-order valence-electron chi connectivity index (χ0n) is 19.0. The van der Waals surface area contributed by atoms with Crippen LogP contribution < -0.4 is 10.1 Å². The third-order valence-corrected chi connectivity index (χ3v) is 6.03. The van der Waals surface area contributed by atoms with E-state index in [2.05, 4.69) is 26.0 Å². The summed E-state index contributed by atoms with van der Waals surface area (Å²) < 4.78 is 16.1. The minimum absolute atomic E-state index is 0.0120. The molecule has 11 nitrogen and oxygen atoms in total. The number of methoxy groups -OCH3 is 1. The van der Waals surface area contributed by atoms with Gasteiger partial charge in [0, 0.05) is 12.1 Å². The Morgan fingerprint density at radius 3 is 2.73 bits per heavy atom. The summed E-state index contributed by atoms with van der Waals surface area (Å²) in [6.45, 7) is -0.151. The lowest BCUT2D eigenvalue weighted by molar-refractivity contribution is -0.384. The summed E-state index contributed by atoms with van der Waals surface area (Å²) in [5.41, 5.74) is 1.04. The molecule has 1 N–H and O–H groups in total. The van der Waals surface area contributed by atoms with Crippen LogP contribution in [0.3, 0.4) is 0 Å². The van der Waals surface area contributed by atoms with Crippen molar-refractivity contribution in [3.63, 3.8) is 0 Å². The van der Waals surface area contributed by atoms with E-state index in [1.807, 2.05) is 0 Å². The standard InChI is InChI=1S/C24H17BrClN3O8/c1-35-23(31)20-6-5-16(37-20)11-28-22(30)19(27-24(28)32)10-14-8-17(25)21(18(26)9-14)36-12-13-3-2-4-15(7-13)29(33)34/h2-10H,11-12H2,1H3,(H,27,32)/b19-10-. The average molecular weight is 591 g/mol. The second-order valence-electron chi connectivity index (χ2n) is 7.67. The molecule has 0 atom stereocenters. The number of imide groups is 1. The lowest BCUT2D eigenvalue weighted by Crippen LogP contribution is -2.30. The van der Waals surface area contributed by atoms with E-state index in [1.54, 1.807) is 24.3 Å². The molecule has 0 spiro atoms. The van der Waals surface area contributed by atoms with Crippen LogP contribution in [0.4, 0.5) is 10.5 Å². The lowest BCUT2D eigenvalue weighted by atomic mass is 10.1. The Morgan fingerprint density at radius 2 is 2.03 bits per heavy atom. The Balaban J connectivity index is 1.47. The number of amides is 3. The molecule has 0 radical (unpaired) electrons. The fourth-order valence-electron chi connectivity index (χ4n) is 3.43. The molecule has 3 amide bonds. The van der Waals surface area contributed by atoms with Gasteiger partial charge in [-0.15, -0.1) is 0 Å². The second-order valence-corrected chi connectivity index (χ2v) is 8.93. The first kappa shape index (κ1) is 25.9. The number of urea groups is 1. The number of ether oxygens (including phenoxy) is 2. The van der Waals surface area contributed by atoms with Gasteiger partial charge in [0.25, 0.3) is 11.6 Å². The minimum atomic E-state index is -0.677. The van der Waals surface area contributed by atoms with Gasteiger partial charge in [-0.05, 0) is 57.4 Å². The number of nitro groups is 1. The molecule has 37 heavy (non-hydrogen) atoms. The molecule has 2 aromatic carbocycles. The minimum Gasteiger partial charge on any atom is -0.486 e. The molecule has 1 aromatic heterocycles. The Hall–Kier alpha value is -4.16. The van der Waals surface area contributed by atoms with Crippen LogP contribution in [0.5, 0.6) is 5.75 Å². The van der Waals surface area contributed by atoms with Gasteiger partial charge in [-0.1, -0.05) is 23.7 Å². The number of hydrogen-bond donors (Lipinski definition) is 1. The quantitative estimate of drug-likeness (QED) is 0.126. The fraction of sp³-hybridized carbons (Fsp3) is 0.125. The van der Waals surface area contributed by atoms with Crippen molar-refractivity contribution < 1.29 is 33.2 Å². The highest BCUT2D eigenvalue weighted by Gasteiger charge is 2.34. The van der Waals surface area contributed by atoms with Crippen LogP contribution in [0.2, 0.25) is 5.02 Å². The molecule has 13 heteroatoms. The Bertz CT molecular complexity index is 1430. The van der Waals surface area contributed by atoms with Crippen LogP contribution >= 0.6 is 27.5 Å². The van der Waals surface area contributed by atoms with Crippen LogP contribution in [-0.2, 0) is 22.7 Å². The van der Waals surface area contributed by atoms with E-state index in [9.17, 15) is 24.5 Å². The highest BCUT2D eigenvalue weighted by Crippen LogP contribution is 2.36. The SMILES string of the molecule is COC(=O)c1ccc(CN2C(=O)N/C(=C\c3cc(Cl)c(OCc4cccc([N+](=O)[O-])c4)c(Br)c3)C2=O)o1. The molecule has 1 aliphatic rings. The number of hydrogen-bond acceptors (Lipinski definition) is 8. The van der Waals surface area contributed by atoms with Crippen LogP contribution in [0.25, 0.3) is 6.08 Å². The average Bonchev–Trinajstić information content (AvgIpc) is 3.43.